The van der Waals surface area contributed by atoms with Crippen molar-refractivity contribution in [3.63, 3.8) is 0 Å². The van der Waals surface area contributed by atoms with E-state index in [9.17, 15) is 0 Å². The predicted molar refractivity (Wildman–Crippen MR) is 67.1 cm³/mol. The Hall–Kier alpha value is -1.57. The quantitative estimate of drug-likeness (QED) is 0.746. The lowest BCUT2D eigenvalue weighted by atomic mass is 9.98. The van der Waals surface area contributed by atoms with Crippen LogP contribution in [0.25, 0.3) is 5.69 Å². The Kier molecular flexibility index (Phi) is 2.82. The molecule has 2 nitrogen and oxygen atoms in total. The molecule has 0 atom stereocenters. The van der Waals surface area contributed by atoms with Crippen molar-refractivity contribution in [2.24, 2.45) is 0 Å². The third kappa shape index (κ3) is 2.01. The van der Waals surface area contributed by atoms with Crippen LogP contribution in [0.4, 0.5) is 0 Å². The molecule has 0 fully saturated rings. The van der Waals surface area contributed by atoms with Crippen molar-refractivity contribution >= 4 is 0 Å². The lowest BCUT2D eigenvalue weighted by Gasteiger charge is -2.11. The fourth-order valence-electron chi connectivity index (χ4n) is 2.00. The van der Waals surface area contributed by atoms with Gasteiger partial charge in [-0.1, -0.05) is 19.9 Å². The van der Waals surface area contributed by atoms with E-state index in [0.29, 0.717) is 5.92 Å². The van der Waals surface area contributed by atoms with Gasteiger partial charge in [0.05, 0.1) is 11.9 Å². The summed E-state index contributed by atoms with van der Waals surface area (Å²) in [6.07, 6.45) is 3.93. The third-order valence-electron chi connectivity index (χ3n) is 2.85. The Balaban J connectivity index is 2.42. The Morgan fingerprint density at radius 1 is 1.19 bits per heavy atom. The maximum Gasteiger partial charge on any atom is 0.0648 e. The van der Waals surface area contributed by atoms with Crippen LogP contribution in [0, 0.1) is 13.8 Å². The highest BCUT2D eigenvalue weighted by atomic mass is 15.3. The Bertz CT molecular complexity index is 495. The van der Waals surface area contributed by atoms with Gasteiger partial charge in [0.15, 0.2) is 0 Å². The molecule has 0 N–H and O–H groups in total. The number of hydrogen-bond acceptors (Lipinski definition) is 1. The molecule has 0 saturated heterocycles. The summed E-state index contributed by atoms with van der Waals surface area (Å²) in [7, 11) is 0. The van der Waals surface area contributed by atoms with E-state index in [-0.39, 0.29) is 0 Å². The standard InChI is InChI=1S/C14H18N2/c1-10(2)14-6-5-13(7-12(14)4)16-9-11(3)8-15-16/h5-10H,1-4H3. The molecule has 0 saturated carbocycles. The van der Waals surface area contributed by atoms with Crippen LogP contribution in [-0.2, 0) is 0 Å². The largest absolute Gasteiger partial charge is 0.241 e. The molecule has 0 amide bonds. The summed E-state index contributed by atoms with van der Waals surface area (Å²) < 4.78 is 1.92. The van der Waals surface area contributed by atoms with E-state index in [2.05, 4.69) is 51.0 Å². The first-order valence-electron chi connectivity index (χ1n) is 5.70. The van der Waals surface area contributed by atoms with Gasteiger partial charge in [0.2, 0.25) is 0 Å². The molecular formula is C14H18N2. The van der Waals surface area contributed by atoms with Crippen molar-refractivity contribution in [1.29, 1.82) is 0 Å². The van der Waals surface area contributed by atoms with Crippen LogP contribution in [-0.4, -0.2) is 9.78 Å². The molecule has 0 unspecified atom stereocenters. The topological polar surface area (TPSA) is 17.8 Å². The fraction of sp³-hybridized carbons (Fsp3) is 0.357. The summed E-state index contributed by atoms with van der Waals surface area (Å²) in [6, 6.07) is 6.53. The van der Waals surface area contributed by atoms with Gasteiger partial charge in [0, 0.05) is 6.20 Å². The smallest absolute Gasteiger partial charge is 0.0648 e. The van der Waals surface area contributed by atoms with E-state index >= 15 is 0 Å². The summed E-state index contributed by atoms with van der Waals surface area (Å²) in [5.41, 5.74) is 5.06. The molecule has 1 aromatic heterocycles. The second kappa shape index (κ2) is 4.12. The van der Waals surface area contributed by atoms with Crippen molar-refractivity contribution in [3.8, 4) is 5.69 Å². The lowest BCUT2D eigenvalue weighted by molar-refractivity contribution is 0.844. The second-order valence-corrected chi connectivity index (χ2v) is 4.66. The summed E-state index contributed by atoms with van der Waals surface area (Å²) in [5.74, 6) is 0.577. The summed E-state index contributed by atoms with van der Waals surface area (Å²) in [5, 5.41) is 4.32. The average Bonchev–Trinajstić information content (AvgIpc) is 2.64. The van der Waals surface area contributed by atoms with Crippen molar-refractivity contribution in [1.82, 2.24) is 9.78 Å². The van der Waals surface area contributed by atoms with E-state index < -0.39 is 0 Å². The minimum atomic E-state index is 0.577. The Morgan fingerprint density at radius 3 is 2.44 bits per heavy atom. The van der Waals surface area contributed by atoms with Crippen LogP contribution < -0.4 is 0 Å². The van der Waals surface area contributed by atoms with Gasteiger partial charge in [-0.2, -0.15) is 5.10 Å². The minimum Gasteiger partial charge on any atom is -0.241 e. The molecular weight excluding hydrogens is 196 g/mol. The highest BCUT2D eigenvalue weighted by molar-refractivity contribution is 5.41. The maximum absolute atomic E-state index is 4.32. The van der Waals surface area contributed by atoms with Crippen LogP contribution in [0.15, 0.2) is 30.6 Å². The number of rotatable bonds is 2. The Morgan fingerprint density at radius 2 is 1.94 bits per heavy atom. The van der Waals surface area contributed by atoms with Crippen LogP contribution in [0.5, 0.6) is 0 Å². The van der Waals surface area contributed by atoms with Gasteiger partial charge in [-0.15, -0.1) is 0 Å². The van der Waals surface area contributed by atoms with Crippen LogP contribution >= 0.6 is 0 Å². The zero-order valence-electron chi connectivity index (χ0n) is 10.4. The van der Waals surface area contributed by atoms with E-state index in [1.165, 1.54) is 16.7 Å². The van der Waals surface area contributed by atoms with Gasteiger partial charge in [-0.05, 0) is 48.6 Å². The molecule has 1 heterocycles. The highest BCUT2D eigenvalue weighted by Crippen LogP contribution is 2.21. The van der Waals surface area contributed by atoms with Crippen molar-refractivity contribution in [2.75, 3.05) is 0 Å². The molecule has 84 valence electrons. The zero-order chi connectivity index (χ0) is 11.7. The summed E-state index contributed by atoms with van der Waals surface area (Å²) >= 11 is 0. The van der Waals surface area contributed by atoms with E-state index in [1.807, 2.05) is 17.1 Å². The summed E-state index contributed by atoms with van der Waals surface area (Å²) in [6.45, 7) is 8.66. The average molecular weight is 214 g/mol. The van der Waals surface area contributed by atoms with Crippen LogP contribution in [0.2, 0.25) is 0 Å². The van der Waals surface area contributed by atoms with Crippen molar-refractivity contribution < 1.29 is 0 Å². The highest BCUT2D eigenvalue weighted by Gasteiger charge is 2.05. The maximum atomic E-state index is 4.32. The number of aromatic nitrogens is 2. The molecule has 0 spiro atoms. The summed E-state index contributed by atoms with van der Waals surface area (Å²) in [4.78, 5) is 0. The fourth-order valence-corrected chi connectivity index (χ4v) is 2.00. The number of benzene rings is 1. The first kappa shape index (κ1) is 10.9. The molecule has 0 bridgehead atoms. The molecule has 2 rings (SSSR count). The normalized spacial score (nSPS) is 11.1. The first-order chi connectivity index (χ1) is 7.58. The molecule has 0 aliphatic rings. The molecule has 2 heteroatoms. The first-order valence-corrected chi connectivity index (χ1v) is 5.70. The van der Waals surface area contributed by atoms with Crippen molar-refractivity contribution in [2.45, 2.75) is 33.6 Å². The second-order valence-electron chi connectivity index (χ2n) is 4.66. The lowest BCUT2D eigenvalue weighted by Crippen LogP contribution is -1.98. The minimum absolute atomic E-state index is 0.577. The monoisotopic (exact) mass is 214 g/mol. The van der Waals surface area contributed by atoms with Gasteiger partial charge in [-0.3, -0.25) is 0 Å². The molecule has 2 aromatic rings. The molecule has 0 aliphatic carbocycles. The zero-order valence-corrected chi connectivity index (χ0v) is 10.4. The Labute approximate surface area is 96.9 Å². The molecule has 1 aromatic carbocycles. The number of nitrogens with zero attached hydrogens (tertiary/aromatic N) is 2. The van der Waals surface area contributed by atoms with Gasteiger partial charge in [0.25, 0.3) is 0 Å². The molecule has 0 aliphatic heterocycles. The number of hydrogen-bond donors (Lipinski definition) is 0. The van der Waals surface area contributed by atoms with Crippen LogP contribution in [0.1, 0.15) is 36.5 Å². The van der Waals surface area contributed by atoms with Gasteiger partial charge >= 0.3 is 0 Å². The van der Waals surface area contributed by atoms with Gasteiger partial charge in [-0.25, -0.2) is 4.68 Å². The van der Waals surface area contributed by atoms with Gasteiger partial charge < -0.3 is 0 Å². The molecule has 0 radical (unpaired) electrons. The van der Waals surface area contributed by atoms with Crippen LogP contribution in [0.3, 0.4) is 0 Å². The van der Waals surface area contributed by atoms with E-state index in [4.69, 9.17) is 0 Å². The number of aryl methyl sites for hydroxylation is 2. The van der Waals surface area contributed by atoms with E-state index in [1.54, 1.807) is 0 Å². The SMILES string of the molecule is Cc1cnn(-c2ccc(C(C)C)c(C)c2)c1. The predicted octanol–water partition coefficient (Wildman–Crippen LogP) is 3.61. The van der Waals surface area contributed by atoms with Gasteiger partial charge in [0.1, 0.15) is 0 Å². The van der Waals surface area contributed by atoms with E-state index in [0.717, 1.165) is 5.69 Å². The molecule has 16 heavy (non-hydrogen) atoms. The third-order valence-corrected chi connectivity index (χ3v) is 2.85. The van der Waals surface area contributed by atoms with Crippen molar-refractivity contribution in [3.05, 3.63) is 47.3 Å².